The fourth-order valence-electron chi connectivity index (χ4n) is 2.46. The van der Waals surface area contributed by atoms with E-state index in [2.05, 4.69) is 5.32 Å². The van der Waals surface area contributed by atoms with Crippen LogP contribution in [0, 0.1) is 0 Å². The van der Waals surface area contributed by atoms with Crippen molar-refractivity contribution >= 4 is 10.0 Å². The molecule has 0 aliphatic carbocycles. The molecule has 1 N–H and O–H groups in total. The Morgan fingerprint density at radius 2 is 1.62 bits per heavy atom. The third kappa shape index (κ3) is 3.48. The molecule has 0 aromatic heterocycles. The van der Waals surface area contributed by atoms with Crippen LogP contribution in [0.5, 0.6) is 11.5 Å². The molecule has 0 spiro atoms. The van der Waals surface area contributed by atoms with Crippen LogP contribution in [0.1, 0.15) is 12.8 Å². The van der Waals surface area contributed by atoms with Crippen molar-refractivity contribution in [2.45, 2.75) is 23.8 Å². The van der Waals surface area contributed by atoms with Gasteiger partial charge in [0.15, 0.2) is 0 Å². The monoisotopic (exact) mass is 314 g/mol. The first-order valence-corrected chi connectivity index (χ1v) is 8.35. The van der Waals surface area contributed by atoms with E-state index in [4.69, 9.17) is 9.47 Å². The second kappa shape index (κ2) is 6.64. The standard InChI is InChI=1S/C14H22N2O4S/c1-16(11-4-6-15-7-5-11)21(17,18)14-9-12(19-2)8-13(10-14)20-3/h8-11,15H,4-7H2,1-3H3. The molecule has 1 saturated heterocycles. The van der Waals surface area contributed by atoms with Crippen molar-refractivity contribution < 1.29 is 17.9 Å². The van der Waals surface area contributed by atoms with E-state index in [0.717, 1.165) is 25.9 Å². The molecule has 0 radical (unpaired) electrons. The Balaban J connectivity index is 2.33. The van der Waals surface area contributed by atoms with Gasteiger partial charge in [0.1, 0.15) is 11.5 Å². The van der Waals surface area contributed by atoms with Crippen molar-refractivity contribution in [3.8, 4) is 11.5 Å². The minimum Gasteiger partial charge on any atom is -0.497 e. The fourth-order valence-corrected chi connectivity index (χ4v) is 3.93. The lowest BCUT2D eigenvalue weighted by molar-refractivity contribution is 0.296. The van der Waals surface area contributed by atoms with Gasteiger partial charge in [-0.1, -0.05) is 0 Å². The van der Waals surface area contributed by atoms with Crippen LogP contribution in [0.15, 0.2) is 23.1 Å². The number of methoxy groups -OCH3 is 2. The van der Waals surface area contributed by atoms with Crippen LogP contribution in [0.4, 0.5) is 0 Å². The third-order valence-electron chi connectivity index (χ3n) is 3.82. The average molecular weight is 314 g/mol. The summed E-state index contributed by atoms with van der Waals surface area (Å²) in [6, 6.07) is 4.72. The first kappa shape index (κ1) is 16.1. The molecule has 1 aliphatic rings. The maximum atomic E-state index is 12.8. The minimum absolute atomic E-state index is 0.0217. The number of nitrogens with one attached hydrogen (secondary N) is 1. The predicted molar refractivity (Wildman–Crippen MR) is 80.4 cm³/mol. The molecule has 2 rings (SSSR count). The summed E-state index contributed by atoms with van der Waals surface area (Å²) in [7, 11) is 1.08. The highest BCUT2D eigenvalue weighted by atomic mass is 32.2. The lowest BCUT2D eigenvalue weighted by atomic mass is 10.1. The third-order valence-corrected chi connectivity index (χ3v) is 5.71. The summed E-state index contributed by atoms with van der Waals surface area (Å²) >= 11 is 0. The Morgan fingerprint density at radius 1 is 1.10 bits per heavy atom. The Morgan fingerprint density at radius 3 is 2.10 bits per heavy atom. The number of rotatable bonds is 5. The molecule has 1 aromatic rings. The predicted octanol–water partition coefficient (Wildman–Crippen LogP) is 1.08. The lowest BCUT2D eigenvalue weighted by Crippen LogP contribution is -2.43. The van der Waals surface area contributed by atoms with E-state index in [-0.39, 0.29) is 10.9 Å². The molecule has 1 fully saturated rings. The van der Waals surface area contributed by atoms with Crippen molar-refractivity contribution in [2.75, 3.05) is 34.4 Å². The molecule has 6 nitrogen and oxygen atoms in total. The van der Waals surface area contributed by atoms with Gasteiger partial charge in [0.2, 0.25) is 10.0 Å². The van der Waals surface area contributed by atoms with Gasteiger partial charge in [-0.25, -0.2) is 8.42 Å². The summed E-state index contributed by atoms with van der Waals surface area (Å²) in [5, 5.41) is 3.24. The number of ether oxygens (including phenoxy) is 2. The molecule has 1 aliphatic heterocycles. The normalized spacial score (nSPS) is 17.0. The SMILES string of the molecule is COc1cc(OC)cc(S(=O)(=O)N(C)C2CCNCC2)c1. The van der Waals surface area contributed by atoms with Crippen LogP contribution in [-0.4, -0.2) is 53.1 Å². The average Bonchev–Trinajstić information content (AvgIpc) is 2.54. The zero-order valence-corrected chi connectivity index (χ0v) is 13.4. The Labute approximate surface area is 126 Å². The van der Waals surface area contributed by atoms with Crippen LogP contribution in [-0.2, 0) is 10.0 Å². The van der Waals surface area contributed by atoms with E-state index in [1.54, 1.807) is 13.1 Å². The Kier molecular flexibility index (Phi) is 5.08. The van der Waals surface area contributed by atoms with Crippen LogP contribution in [0.2, 0.25) is 0 Å². The van der Waals surface area contributed by atoms with E-state index in [1.165, 1.54) is 30.7 Å². The number of benzene rings is 1. The lowest BCUT2D eigenvalue weighted by Gasteiger charge is -2.31. The largest absolute Gasteiger partial charge is 0.497 e. The molecule has 0 atom stereocenters. The van der Waals surface area contributed by atoms with Gasteiger partial charge in [-0.3, -0.25) is 0 Å². The zero-order chi connectivity index (χ0) is 15.5. The maximum absolute atomic E-state index is 12.8. The topological polar surface area (TPSA) is 67.9 Å². The quantitative estimate of drug-likeness (QED) is 0.881. The van der Waals surface area contributed by atoms with Crippen molar-refractivity contribution in [3.05, 3.63) is 18.2 Å². The summed E-state index contributed by atoms with van der Waals surface area (Å²) in [5.74, 6) is 0.929. The van der Waals surface area contributed by atoms with E-state index >= 15 is 0 Å². The molecule has 7 heteroatoms. The zero-order valence-electron chi connectivity index (χ0n) is 12.6. The summed E-state index contributed by atoms with van der Waals surface area (Å²) in [4.78, 5) is 0.194. The summed E-state index contributed by atoms with van der Waals surface area (Å²) in [6.07, 6.45) is 1.63. The maximum Gasteiger partial charge on any atom is 0.243 e. The van der Waals surface area contributed by atoms with E-state index in [9.17, 15) is 8.42 Å². The van der Waals surface area contributed by atoms with Crippen molar-refractivity contribution in [2.24, 2.45) is 0 Å². The second-order valence-corrected chi connectivity index (χ2v) is 7.05. The molecule has 0 saturated carbocycles. The highest BCUT2D eigenvalue weighted by Crippen LogP contribution is 2.28. The van der Waals surface area contributed by atoms with Gasteiger partial charge >= 0.3 is 0 Å². The first-order chi connectivity index (χ1) is 9.98. The molecular formula is C14H22N2O4S. The summed E-state index contributed by atoms with van der Waals surface area (Å²) < 4.78 is 37.3. The number of sulfonamides is 1. The van der Waals surface area contributed by atoms with Gasteiger partial charge in [-0.05, 0) is 25.9 Å². The number of nitrogens with zero attached hydrogens (tertiary/aromatic N) is 1. The smallest absolute Gasteiger partial charge is 0.243 e. The highest BCUT2D eigenvalue weighted by Gasteiger charge is 2.29. The van der Waals surface area contributed by atoms with E-state index in [1.807, 2.05) is 0 Å². The summed E-state index contributed by atoms with van der Waals surface area (Å²) in [5.41, 5.74) is 0. The molecule has 1 aromatic carbocycles. The molecule has 1 heterocycles. The van der Waals surface area contributed by atoms with E-state index in [0.29, 0.717) is 11.5 Å². The molecule has 0 amide bonds. The molecular weight excluding hydrogens is 292 g/mol. The van der Waals surface area contributed by atoms with Crippen LogP contribution in [0.3, 0.4) is 0 Å². The Bertz CT molecular complexity index is 560. The molecule has 21 heavy (non-hydrogen) atoms. The highest BCUT2D eigenvalue weighted by molar-refractivity contribution is 7.89. The van der Waals surface area contributed by atoms with Crippen molar-refractivity contribution in [1.29, 1.82) is 0 Å². The summed E-state index contributed by atoms with van der Waals surface area (Å²) in [6.45, 7) is 1.68. The Hall–Kier alpha value is -1.31. The van der Waals surface area contributed by atoms with Crippen LogP contribution >= 0.6 is 0 Å². The minimum atomic E-state index is -3.56. The fraction of sp³-hybridized carbons (Fsp3) is 0.571. The number of piperidine rings is 1. The molecule has 118 valence electrons. The van der Waals surface area contributed by atoms with E-state index < -0.39 is 10.0 Å². The first-order valence-electron chi connectivity index (χ1n) is 6.91. The second-order valence-electron chi connectivity index (χ2n) is 5.05. The van der Waals surface area contributed by atoms with Crippen molar-refractivity contribution in [1.82, 2.24) is 9.62 Å². The molecule has 0 bridgehead atoms. The van der Waals surface area contributed by atoms with Gasteiger partial charge in [-0.15, -0.1) is 0 Å². The number of hydrogen-bond donors (Lipinski definition) is 1. The van der Waals surface area contributed by atoms with Gasteiger partial charge in [0, 0.05) is 31.3 Å². The van der Waals surface area contributed by atoms with Gasteiger partial charge < -0.3 is 14.8 Å². The van der Waals surface area contributed by atoms with Crippen molar-refractivity contribution in [3.63, 3.8) is 0 Å². The van der Waals surface area contributed by atoms with Gasteiger partial charge in [0.05, 0.1) is 19.1 Å². The van der Waals surface area contributed by atoms with Crippen LogP contribution < -0.4 is 14.8 Å². The van der Waals surface area contributed by atoms with Gasteiger partial charge in [-0.2, -0.15) is 4.31 Å². The van der Waals surface area contributed by atoms with Gasteiger partial charge in [0.25, 0.3) is 0 Å². The van der Waals surface area contributed by atoms with Crippen LogP contribution in [0.25, 0.3) is 0 Å². The number of hydrogen-bond acceptors (Lipinski definition) is 5. The molecule has 0 unspecified atom stereocenters.